The summed E-state index contributed by atoms with van der Waals surface area (Å²) in [7, 11) is 0. The lowest BCUT2D eigenvalue weighted by molar-refractivity contribution is 0.361. The Morgan fingerprint density at radius 3 is 2.25 bits per heavy atom. The maximum absolute atomic E-state index is 6.68. The predicted molar refractivity (Wildman–Crippen MR) is 125 cm³/mol. The van der Waals surface area contributed by atoms with Crippen molar-refractivity contribution >= 4 is 23.2 Å². The van der Waals surface area contributed by atoms with Gasteiger partial charge in [-0.15, -0.1) is 0 Å². The number of rotatable bonds is 6. The van der Waals surface area contributed by atoms with E-state index >= 15 is 0 Å². The van der Waals surface area contributed by atoms with Gasteiger partial charge in [-0.25, -0.2) is 0 Å². The predicted octanol–water partition coefficient (Wildman–Crippen LogP) is 9.39. The summed E-state index contributed by atoms with van der Waals surface area (Å²) in [4.78, 5) is 0. The van der Waals surface area contributed by atoms with Gasteiger partial charge in [-0.05, 0) is 90.0 Å². The van der Waals surface area contributed by atoms with Crippen LogP contribution in [0.25, 0.3) is 0 Å². The number of halogens is 2. The van der Waals surface area contributed by atoms with E-state index in [2.05, 4.69) is 65.8 Å². The summed E-state index contributed by atoms with van der Waals surface area (Å²) in [6, 6.07) is 6.77. The monoisotopic (exact) mass is 418 g/mol. The molecular weight excluding hydrogens is 383 g/mol. The van der Waals surface area contributed by atoms with Gasteiger partial charge in [-0.1, -0.05) is 82.5 Å². The molecular formula is C26H36Cl2. The second kappa shape index (κ2) is 8.19. The van der Waals surface area contributed by atoms with Gasteiger partial charge < -0.3 is 0 Å². The van der Waals surface area contributed by atoms with E-state index in [1.165, 1.54) is 35.1 Å². The van der Waals surface area contributed by atoms with Crippen LogP contribution in [0.3, 0.4) is 0 Å². The molecule has 0 nitrogen and oxygen atoms in total. The third-order valence-corrected chi connectivity index (χ3v) is 7.48. The lowest BCUT2D eigenvalue weighted by Crippen LogP contribution is -2.20. The second-order valence-electron chi connectivity index (χ2n) is 10.6. The standard InChI is InChI=1S/C26H36Cl2/c1-17(21-11-9-19(15-23(21)27)18-7-8-18)13-14-26(5,6)20-10-12-22(24(28)16-20)25(2,3)4/h9,11,15-18H,7-8,10,12-14H2,1-6H3. The zero-order valence-corrected chi connectivity index (χ0v) is 20.0. The van der Waals surface area contributed by atoms with Crippen molar-refractivity contribution in [2.24, 2.45) is 10.8 Å². The molecule has 0 aromatic heterocycles. The van der Waals surface area contributed by atoms with Gasteiger partial charge in [0.2, 0.25) is 0 Å². The largest absolute Gasteiger partial charge is 0.0844 e. The fraction of sp³-hybridized carbons (Fsp3) is 0.615. The van der Waals surface area contributed by atoms with Crippen molar-refractivity contribution in [3.63, 3.8) is 0 Å². The van der Waals surface area contributed by atoms with E-state index in [0.29, 0.717) is 5.92 Å². The van der Waals surface area contributed by atoms with Gasteiger partial charge in [0.25, 0.3) is 0 Å². The summed E-state index contributed by atoms with van der Waals surface area (Å²) in [5, 5.41) is 1.92. The van der Waals surface area contributed by atoms with Crippen LogP contribution in [-0.4, -0.2) is 0 Å². The Bertz CT molecular complexity index is 785. The maximum atomic E-state index is 6.68. The van der Waals surface area contributed by atoms with E-state index in [1.807, 2.05) is 0 Å². The molecule has 0 radical (unpaired) electrons. The number of hydrogen-bond acceptors (Lipinski definition) is 0. The second-order valence-corrected chi connectivity index (χ2v) is 11.4. The van der Waals surface area contributed by atoms with Crippen molar-refractivity contribution in [2.45, 2.75) is 91.9 Å². The van der Waals surface area contributed by atoms with Gasteiger partial charge in [0.1, 0.15) is 0 Å². The van der Waals surface area contributed by atoms with Crippen LogP contribution in [0, 0.1) is 10.8 Å². The van der Waals surface area contributed by atoms with Gasteiger partial charge in [0.15, 0.2) is 0 Å². The van der Waals surface area contributed by atoms with E-state index < -0.39 is 0 Å². The van der Waals surface area contributed by atoms with Crippen molar-refractivity contribution in [2.75, 3.05) is 0 Å². The zero-order chi connectivity index (χ0) is 20.7. The first-order valence-electron chi connectivity index (χ1n) is 10.9. The van der Waals surface area contributed by atoms with Gasteiger partial charge in [0, 0.05) is 10.1 Å². The number of benzene rings is 1. The highest BCUT2D eigenvalue weighted by Gasteiger charge is 2.30. The summed E-state index contributed by atoms with van der Waals surface area (Å²) in [5.74, 6) is 1.23. The summed E-state index contributed by atoms with van der Waals surface area (Å²) >= 11 is 13.3. The number of allylic oxidation sites excluding steroid dienone is 4. The molecule has 0 bridgehead atoms. The van der Waals surface area contributed by atoms with E-state index in [9.17, 15) is 0 Å². The first kappa shape index (κ1) is 22.0. The summed E-state index contributed by atoms with van der Waals surface area (Å²) < 4.78 is 0. The molecule has 154 valence electrons. The average Bonchev–Trinajstić information content (AvgIpc) is 3.43. The Balaban J connectivity index is 1.67. The molecule has 0 saturated heterocycles. The summed E-state index contributed by atoms with van der Waals surface area (Å²) in [6.45, 7) is 13.8. The molecule has 2 aliphatic rings. The molecule has 1 atom stereocenters. The Labute approximate surface area is 182 Å². The van der Waals surface area contributed by atoms with Crippen molar-refractivity contribution < 1.29 is 0 Å². The van der Waals surface area contributed by atoms with Crippen molar-refractivity contribution in [1.29, 1.82) is 0 Å². The van der Waals surface area contributed by atoms with Crippen LogP contribution in [0.15, 0.2) is 40.5 Å². The van der Waals surface area contributed by atoms with Crippen LogP contribution < -0.4 is 0 Å². The fourth-order valence-corrected chi connectivity index (χ4v) is 5.35. The SMILES string of the molecule is CC(CCC(C)(C)C1=CC(Cl)=C(C(C)(C)C)CC1)c1ccc(C2CC2)cc1Cl. The third kappa shape index (κ3) is 5.06. The van der Waals surface area contributed by atoms with Crippen LogP contribution >= 0.6 is 23.2 Å². The Morgan fingerprint density at radius 1 is 1.04 bits per heavy atom. The molecule has 1 fully saturated rings. The molecule has 1 unspecified atom stereocenters. The quantitative estimate of drug-likeness (QED) is 0.431. The maximum Gasteiger partial charge on any atom is 0.0443 e. The minimum atomic E-state index is 0.154. The van der Waals surface area contributed by atoms with Gasteiger partial charge in [-0.3, -0.25) is 0 Å². The molecule has 2 heteroatoms. The van der Waals surface area contributed by atoms with E-state index in [-0.39, 0.29) is 10.8 Å². The van der Waals surface area contributed by atoms with E-state index in [4.69, 9.17) is 23.2 Å². The van der Waals surface area contributed by atoms with Gasteiger partial charge in [-0.2, -0.15) is 0 Å². The van der Waals surface area contributed by atoms with Crippen molar-refractivity contribution in [3.8, 4) is 0 Å². The topological polar surface area (TPSA) is 0 Å². The molecule has 0 spiro atoms. The molecule has 0 N–H and O–H groups in total. The zero-order valence-electron chi connectivity index (χ0n) is 18.5. The third-order valence-electron chi connectivity index (χ3n) is 6.81. The molecule has 1 saturated carbocycles. The lowest BCUT2D eigenvalue weighted by Gasteiger charge is -2.35. The molecule has 1 aromatic carbocycles. The van der Waals surface area contributed by atoms with Crippen LogP contribution in [0.5, 0.6) is 0 Å². The molecule has 0 heterocycles. The number of hydrogen-bond donors (Lipinski definition) is 0. The molecule has 2 aliphatic carbocycles. The highest BCUT2D eigenvalue weighted by atomic mass is 35.5. The Kier molecular flexibility index (Phi) is 6.43. The van der Waals surface area contributed by atoms with Crippen molar-refractivity contribution in [3.05, 3.63) is 56.6 Å². The van der Waals surface area contributed by atoms with Crippen LogP contribution in [0.1, 0.15) is 103 Å². The Morgan fingerprint density at radius 2 is 1.71 bits per heavy atom. The smallest absolute Gasteiger partial charge is 0.0443 e. The molecule has 28 heavy (non-hydrogen) atoms. The average molecular weight is 419 g/mol. The normalized spacial score (nSPS) is 19.6. The molecule has 0 amide bonds. The van der Waals surface area contributed by atoms with E-state index in [1.54, 1.807) is 0 Å². The minimum Gasteiger partial charge on any atom is -0.0844 e. The fourth-order valence-electron chi connectivity index (χ4n) is 4.47. The lowest BCUT2D eigenvalue weighted by atomic mass is 9.71. The van der Waals surface area contributed by atoms with Gasteiger partial charge in [0.05, 0.1) is 0 Å². The van der Waals surface area contributed by atoms with Gasteiger partial charge >= 0.3 is 0 Å². The van der Waals surface area contributed by atoms with Crippen LogP contribution in [0.2, 0.25) is 5.02 Å². The highest BCUT2D eigenvalue weighted by Crippen LogP contribution is 2.46. The molecule has 1 aromatic rings. The first-order chi connectivity index (χ1) is 13.0. The highest BCUT2D eigenvalue weighted by molar-refractivity contribution is 6.32. The van der Waals surface area contributed by atoms with Crippen LogP contribution in [0.4, 0.5) is 0 Å². The van der Waals surface area contributed by atoms with E-state index in [0.717, 1.165) is 41.7 Å². The minimum absolute atomic E-state index is 0.154. The Hall–Kier alpha value is -0.720. The first-order valence-corrected chi connectivity index (χ1v) is 11.6. The summed E-state index contributed by atoms with van der Waals surface area (Å²) in [5.41, 5.74) is 5.93. The summed E-state index contributed by atoms with van der Waals surface area (Å²) in [6.07, 6.45) is 9.40. The van der Waals surface area contributed by atoms with Crippen molar-refractivity contribution in [1.82, 2.24) is 0 Å². The molecule has 0 aliphatic heterocycles. The molecule has 3 rings (SSSR count). The van der Waals surface area contributed by atoms with Crippen LogP contribution in [-0.2, 0) is 0 Å².